The van der Waals surface area contributed by atoms with E-state index in [1.165, 1.54) is 6.92 Å². The molecule has 0 radical (unpaired) electrons. The number of ketones is 1. The van der Waals surface area contributed by atoms with E-state index in [-0.39, 0.29) is 5.78 Å². The summed E-state index contributed by atoms with van der Waals surface area (Å²) in [6.07, 6.45) is 0.659. The zero-order chi connectivity index (χ0) is 23.2. The highest BCUT2D eigenvalue weighted by molar-refractivity contribution is 7.99. The number of benzene rings is 4. The van der Waals surface area contributed by atoms with Gasteiger partial charge in [-0.1, -0.05) is 72.4 Å². The second-order valence-corrected chi connectivity index (χ2v) is 8.66. The summed E-state index contributed by atoms with van der Waals surface area (Å²) in [4.78, 5) is 30.8. The van der Waals surface area contributed by atoms with E-state index in [2.05, 4.69) is 5.16 Å². The molecule has 4 nitrogen and oxygen atoms in total. The minimum absolute atomic E-state index is 0.0146. The van der Waals surface area contributed by atoms with E-state index in [4.69, 9.17) is 4.84 Å². The largest absolute Gasteiger partial charge is 0.331 e. The Kier molecular flexibility index (Phi) is 7.01. The summed E-state index contributed by atoms with van der Waals surface area (Å²) in [7, 11) is 0. The monoisotopic (exact) mass is 453 g/mol. The van der Waals surface area contributed by atoms with Gasteiger partial charge in [-0.25, -0.2) is 4.79 Å². The summed E-state index contributed by atoms with van der Waals surface area (Å²) in [5.41, 5.74) is 2.99. The van der Waals surface area contributed by atoms with Crippen LogP contribution < -0.4 is 0 Å². The molecule has 4 aromatic rings. The smallest absolute Gasteiger partial charge is 0.318 e. The highest BCUT2D eigenvalue weighted by atomic mass is 32.2. The molecule has 0 aromatic heterocycles. The molecule has 0 unspecified atom stereocenters. The van der Waals surface area contributed by atoms with Crippen molar-refractivity contribution >= 4 is 40.0 Å². The summed E-state index contributed by atoms with van der Waals surface area (Å²) in [6, 6.07) is 29.4. The third kappa shape index (κ3) is 5.57. The van der Waals surface area contributed by atoms with Crippen molar-refractivity contribution in [2.24, 2.45) is 5.16 Å². The zero-order valence-electron chi connectivity index (χ0n) is 18.4. The molecule has 0 amide bonds. The van der Waals surface area contributed by atoms with Crippen LogP contribution in [0.25, 0.3) is 10.8 Å². The average Bonchev–Trinajstić information content (AvgIpc) is 2.85. The second-order valence-electron chi connectivity index (χ2n) is 7.52. The Labute approximate surface area is 197 Å². The topological polar surface area (TPSA) is 55.7 Å². The minimum atomic E-state index is -0.435. The molecular weight excluding hydrogens is 430 g/mol. The van der Waals surface area contributed by atoms with Gasteiger partial charge < -0.3 is 4.84 Å². The van der Waals surface area contributed by atoms with Crippen LogP contribution in [-0.2, 0) is 9.63 Å². The molecule has 4 aromatic carbocycles. The summed E-state index contributed by atoms with van der Waals surface area (Å²) < 4.78 is 0. The normalized spacial score (nSPS) is 11.4. The molecule has 0 bridgehead atoms. The first-order chi connectivity index (χ1) is 16.0. The predicted octanol–water partition coefficient (Wildman–Crippen LogP) is 6.90. The third-order valence-corrected chi connectivity index (χ3v) is 6.19. The molecule has 0 atom stereocenters. The van der Waals surface area contributed by atoms with Gasteiger partial charge in [-0.3, -0.25) is 4.79 Å². The van der Waals surface area contributed by atoms with Gasteiger partial charge in [0.25, 0.3) is 0 Å². The van der Waals surface area contributed by atoms with Crippen molar-refractivity contribution in [3.05, 3.63) is 108 Å². The maximum absolute atomic E-state index is 12.9. The molecule has 0 fully saturated rings. The van der Waals surface area contributed by atoms with E-state index < -0.39 is 5.97 Å². The van der Waals surface area contributed by atoms with E-state index in [9.17, 15) is 9.59 Å². The zero-order valence-corrected chi connectivity index (χ0v) is 19.3. The Morgan fingerprint density at radius 3 is 1.94 bits per heavy atom. The Morgan fingerprint density at radius 2 is 1.33 bits per heavy atom. The van der Waals surface area contributed by atoms with Crippen molar-refractivity contribution in [1.29, 1.82) is 0 Å². The molecule has 0 saturated heterocycles. The summed E-state index contributed by atoms with van der Waals surface area (Å²) in [5, 5.41) is 6.10. The maximum Gasteiger partial charge on any atom is 0.331 e. The van der Waals surface area contributed by atoms with E-state index in [1.807, 2.05) is 97.9 Å². The summed E-state index contributed by atoms with van der Waals surface area (Å²) in [6.45, 7) is 3.29. The van der Waals surface area contributed by atoms with Gasteiger partial charge in [0.1, 0.15) is 0 Å². The fraction of sp³-hybridized carbons (Fsp3) is 0.107. The van der Waals surface area contributed by atoms with Crippen molar-refractivity contribution in [2.45, 2.75) is 30.1 Å². The summed E-state index contributed by atoms with van der Waals surface area (Å²) in [5.74, 6) is -0.420. The van der Waals surface area contributed by atoms with Crippen LogP contribution in [-0.4, -0.2) is 17.5 Å². The van der Waals surface area contributed by atoms with Crippen molar-refractivity contribution in [3.63, 3.8) is 0 Å². The van der Waals surface area contributed by atoms with Gasteiger partial charge in [0, 0.05) is 27.8 Å². The standard InChI is InChI=1S/C28H23NO3S/c1-3-27(29-32-19(2)30)21-10-14-25(15-11-21)33-26-16-12-22(13-17-26)28(31)24-9-8-20-6-4-5-7-23(20)18-24/h4-18H,3H2,1-2H3/b29-27+. The van der Waals surface area contributed by atoms with Gasteiger partial charge in [0.15, 0.2) is 5.78 Å². The number of hydrogen-bond acceptors (Lipinski definition) is 5. The molecular formula is C28H23NO3S. The first-order valence-corrected chi connectivity index (χ1v) is 11.5. The van der Waals surface area contributed by atoms with Crippen LogP contribution in [0, 0.1) is 0 Å². The Morgan fingerprint density at radius 1 is 0.758 bits per heavy atom. The number of fused-ring (bicyclic) bond motifs is 1. The molecule has 4 rings (SSSR count). The molecule has 33 heavy (non-hydrogen) atoms. The highest BCUT2D eigenvalue weighted by Gasteiger charge is 2.10. The first-order valence-electron chi connectivity index (χ1n) is 10.7. The van der Waals surface area contributed by atoms with E-state index in [0.29, 0.717) is 17.5 Å². The van der Waals surface area contributed by atoms with Crippen LogP contribution in [0.4, 0.5) is 0 Å². The highest BCUT2D eigenvalue weighted by Crippen LogP contribution is 2.29. The number of carbonyl (C=O) groups is 2. The van der Waals surface area contributed by atoms with Crippen molar-refractivity contribution in [2.75, 3.05) is 0 Å². The van der Waals surface area contributed by atoms with E-state index >= 15 is 0 Å². The van der Waals surface area contributed by atoms with Crippen LogP contribution in [0.3, 0.4) is 0 Å². The molecule has 5 heteroatoms. The quantitative estimate of drug-likeness (QED) is 0.132. The average molecular weight is 454 g/mol. The van der Waals surface area contributed by atoms with E-state index in [1.54, 1.807) is 11.8 Å². The molecule has 0 N–H and O–H groups in total. The number of hydrogen-bond donors (Lipinski definition) is 0. The first kappa shape index (κ1) is 22.5. The molecule has 0 aliphatic heterocycles. The molecule has 164 valence electrons. The minimum Gasteiger partial charge on any atom is -0.318 e. The molecule has 0 heterocycles. The maximum atomic E-state index is 12.9. The van der Waals surface area contributed by atoms with Crippen LogP contribution in [0.5, 0.6) is 0 Å². The van der Waals surface area contributed by atoms with Gasteiger partial charge in [-0.05, 0) is 65.2 Å². The van der Waals surface area contributed by atoms with Gasteiger partial charge in [-0.2, -0.15) is 0 Å². The molecule has 0 spiro atoms. The van der Waals surface area contributed by atoms with E-state index in [0.717, 1.165) is 31.8 Å². The number of carbonyl (C=O) groups excluding carboxylic acids is 2. The van der Waals surface area contributed by atoms with Crippen LogP contribution in [0.2, 0.25) is 0 Å². The van der Waals surface area contributed by atoms with Crippen molar-refractivity contribution in [1.82, 2.24) is 0 Å². The van der Waals surface area contributed by atoms with Crippen LogP contribution in [0.1, 0.15) is 41.8 Å². The van der Waals surface area contributed by atoms with Gasteiger partial charge in [-0.15, -0.1) is 0 Å². The molecule has 0 aliphatic carbocycles. The van der Waals surface area contributed by atoms with Crippen molar-refractivity contribution in [3.8, 4) is 0 Å². The number of nitrogens with zero attached hydrogens (tertiary/aromatic N) is 1. The number of oxime groups is 1. The number of rotatable bonds is 7. The lowest BCUT2D eigenvalue weighted by Crippen LogP contribution is -2.02. The van der Waals surface area contributed by atoms with Crippen LogP contribution >= 0.6 is 11.8 Å². The Hall–Kier alpha value is -3.70. The fourth-order valence-electron chi connectivity index (χ4n) is 3.46. The Balaban J connectivity index is 1.45. The van der Waals surface area contributed by atoms with Gasteiger partial charge in [0.05, 0.1) is 5.71 Å². The lowest BCUT2D eigenvalue weighted by Gasteiger charge is -2.07. The lowest BCUT2D eigenvalue weighted by molar-refractivity contribution is -0.140. The van der Waals surface area contributed by atoms with Crippen molar-refractivity contribution < 1.29 is 14.4 Å². The lowest BCUT2D eigenvalue weighted by atomic mass is 10.00. The molecule has 0 saturated carbocycles. The second kappa shape index (κ2) is 10.3. The van der Waals surface area contributed by atoms with Gasteiger partial charge in [0.2, 0.25) is 0 Å². The Bertz CT molecular complexity index is 1330. The fourth-order valence-corrected chi connectivity index (χ4v) is 4.28. The SMILES string of the molecule is CC/C(=N\OC(C)=O)c1ccc(Sc2ccc(C(=O)c3ccc4ccccc4c3)cc2)cc1. The molecule has 0 aliphatic rings. The third-order valence-electron chi connectivity index (χ3n) is 5.17. The van der Waals surface area contributed by atoms with Crippen LogP contribution in [0.15, 0.2) is 106 Å². The summed E-state index contributed by atoms with van der Waals surface area (Å²) >= 11 is 1.62. The predicted molar refractivity (Wildman–Crippen MR) is 133 cm³/mol. The van der Waals surface area contributed by atoms with Gasteiger partial charge >= 0.3 is 5.97 Å².